The van der Waals surface area contributed by atoms with Crippen LogP contribution in [-0.2, 0) is 16.1 Å². The van der Waals surface area contributed by atoms with Gasteiger partial charge in [0.1, 0.15) is 24.3 Å². The molecule has 0 radical (unpaired) electrons. The lowest BCUT2D eigenvalue weighted by molar-refractivity contribution is -0.140. The van der Waals surface area contributed by atoms with Gasteiger partial charge in [-0.3, -0.25) is 9.78 Å². The van der Waals surface area contributed by atoms with Gasteiger partial charge in [-0.25, -0.2) is 9.67 Å². The van der Waals surface area contributed by atoms with E-state index in [1.165, 1.54) is 0 Å². The largest absolute Gasteiger partial charge is 0.368 e. The van der Waals surface area contributed by atoms with E-state index in [0.717, 1.165) is 22.6 Å². The first-order chi connectivity index (χ1) is 14.0. The van der Waals surface area contributed by atoms with E-state index in [0.29, 0.717) is 30.5 Å². The van der Waals surface area contributed by atoms with Crippen molar-refractivity contribution in [2.75, 3.05) is 19.7 Å². The normalized spacial score (nSPS) is 16.8. The van der Waals surface area contributed by atoms with Crippen LogP contribution in [0.25, 0.3) is 11.1 Å². The number of benzene rings is 1. The van der Waals surface area contributed by atoms with Crippen molar-refractivity contribution in [1.82, 2.24) is 24.6 Å². The summed E-state index contributed by atoms with van der Waals surface area (Å²) in [6, 6.07) is 11.6. The van der Waals surface area contributed by atoms with E-state index < -0.39 is 0 Å². The van der Waals surface area contributed by atoms with Gasteiger partial charge in [-0.15, -0.1) is 0 Å². The van der Waals surface area contributed by atoms with Crippen LogP contribution < -0.4 is 0 Å². The molecule has 4 rings (SSSR count). The first-order valence-corrected chi connectivity index (χ1v) is 9.87. The van der Waals surface area contributed by atoms with Crippen molar-refractivity contribution in [1.29, 1.82) is 0 Å². The topological polar surface area (TPSA) is 73.1 Å². The molecule has 8 heteroatoms. The van der Waals surface area contributed by atoms with Gasteiger partial charge in [-0.2, -0.15) is 5.10 Å². The van der Waals surface area contributed by atoms with Crippen LogP contribution in [0, 0.1) is 13.8 Å². The summed E-state index contributed by atoms with van der Waals surface area (Å²) < 4.78 is 7.51. The molecule has 0 saturated carbocycles. The Kier molecular flexibility index (Phi) is 5.60. The highest BCUT2D eigenvalue weighted by atomic mass is 35.5. The average Bonchev–Trinajstić information content (AvgIpc) is 3.05. The molecule has 1 aliphatic rings. The summed E-state index contributed by atoms with van der Waals surface area (Å²) in [5, 5.41) is 4.96. The number of hydrogen-bond donors (Lipinski definition) is 0. The summed E-state index contributed by atoms with van der Waals surface area (Å²) in [7, 11) is 0. The van der Waals surface area contributed by atoms with E-state index in [1.807, 2.05) is 56.4 Å². The molecule has 3 heterocycles. The average molecular weight is 412 g/mol. The molecule has 150 valence electrons. The van der Waals surface area contributed by atoms with Gasteiger partial charge in [-0.1, -0.05) is 29.8 Å². The quantitative estimate of drug-likeness (QED) is 0.659. The second kappa shape index (κ2) is 8.31. The van der Waals surface area contributed by atoms with Crippen LogP contribution in [0.4, 0.5) is 0 Å². The zero-order valence-electron chi connectivity index (χ0n) is 16.4. The number of morpholine rings is 1. The molecule has 1 saturated heterocycles. The minimum Gasteiger partial charge on any atom is -0.368 e. The van der Waals surface area contributed by atoms with Crippen molar-refractivity contribution in [3.05, 3.63) is 65.0 Å². The number of amides is 1. The number of halogens is 1. The van der Waals surface area contributed by atoms with Gasteiger partial charge in [0.15, 0.2) is 0 Å². The van der Waals surface area contributed by atoms with E-state index in [9.17, 15) is 4.79 Å². The van der Waals surface area contributed by atoms with Gasteiger partial charge in [0, 0.05) is 23.3 Å². The number of aryl methyl sites for hydroxylation is 2. The highest BCUT2D eigenvalue weighted by Crippen LogP contribution is 2.25. The van der Waals surface area contributed by atoms with Crippen molar-refractivity contribution in [2.45, 2.75) is 26.5 Å². The summed E-state index contributed by atoms with van der Waals surface area (Å²) in [6.45, 7) is 5.35. The Morgan fingerprint density at radius 1 is 1.24 bits per heavy atom. The highest BCUT2D eigenvalue weighted by Gasteiger charge is 2.26. The first kappa shape index (κ1) is 19.5. The van der Waals surface area contributed by atoms with Crippen LogP contribution in [-0.4, -0.2) is 50.3 Å². The number of nitrogens with zero attached hydrogens (tertiary/aromatic N) is 5. The van der Waals surface area contributed by atoms with Crippen molar-refractivity contribution in [3.8, 4) is 11.1 Å². The Bertz CT molecular complexity index is 1020. The Morgan fingerprint density at radius 3 is 2.79 bits per heavy atom. The third kappa shape index (κ3) is 4.46. The second-order valence-corrected chi connectivity index (χ2v) is 7.48. The molecule has 7 nitrogen and oxygen atoms in total. The van der Waals surface area contributed by atoms with E-state index in [-0.39, 0.29) is 18.6 Å². The summed E-state index contributed by atoms with van der Waals surface area (Å²) >= 11 is 6.07. The molecule has 1 amide bonds. The van der Waals surface area contributed by atoms with Crippen LogP contribution in [0.1, 0.15) is 23.4 Å². The number of ether oxygens (including phenoxy) is 1. The number of hydrogen-bond acceptors (Lipinski definition) is 5. The molecule has 0 bridgehead atoms. The van der Waals surface area contributed by atoms with E-state index in [1.54, 1.807) is 9.58 Å². The Balaban J connectivity index is 1.44. The van der Waals surface area contributed by atoms with Gasteiger partial charge in [-0.05, 0) is 37.6 Å². The predicted molar refractivity (Wildman–Crippen MR) is 109 cm³/mol. The van der Waals surface area contributed by atoms with Gasteiger partial charge >= 0.3 is 0 Å². The standard InChI is InChI=1S/C21H22ClN5O2/c1-14-24-15(2)27(25-14)13-21(28)26-8-9-29-20(12-26)19-7-6-17(11-23-19)16-4-3-5-18(22)10-16/h3-7,10-11,20H,8-9,12-13H2,1-2H3/t20-/m1/s1. The SMILES string of the molecule is Cc1nc(C)n(CC(=O)N2CCO[C@@H](c3ccc(-c4cccc(Cl)c4)cn3)C2)n1. The second-order valence-electron chi connectivity index (χ2n) is 7.05. The van der Waals surface area contributed by atoms with Crippen LogP contribution in [0.5, 0.6) is 0 Å². The van der Waals surface area contributed by atoms with E-state index in [2.05, 4.69) is 15.1 Å². The van der Waals surface area contributed by atoms with Crippen molar-refractivity contribution in [2.24, 2.45) is 0 Å². The molecule has 1 fully saturated rings. The minimum atomic E-state index is -0.250. The molecular weight excluding hydrogens is 390 g/mol. The monoisotopic (exact) mass is 411 g/mol. The Morgan fingerprint density at radius 2 is 2.10 bits per heavy atom. The molecule has 1 aliphatic heterocycles. The van der Waals surface area contributed by atoms with Crippen LogP contribution >= 0.6 is 11.6 Å². The fourth-order valence-electron chi connectivity index (χ4n) is 3.43. The van der Waals surface area contributed by atoms with Gasteiger partial charge < -0.3 is 9.64 Å². The lowest BCUT2D eigenvalue weighted by Gasteiger charge is -2.32. The maximum absolute atomic E-state index is 12.7. The smallest absolute Gasteiger partial charge is 0.244 e. The molecule has 1 atom stereocenters. The fourth-order valence-corrected chi connectivity index (χ4v) is 3.62. The molecule has 1 aromatic carbocycles. The molecular formula is C21H22ClN5O2. The highest BCUT2D eigenvalue weighted by molar-refractivity contribution is 6.30. The summed E-state index contributed by atoms with van der Waals surface area (Å²) in [5.41, 5.74) is 2.80. The van der Waals surface area contributed by atoms with E-state index >= 15 is 0 Å². The maximum Gasteiger partial charge on any atom is 0.244 e. The van der Waals surface area contributed by atoms with Crippen LogP contribution in [0.2, 0.25) is 5.02 Å². The minimum absolute atomic E-state index is 0.00171. The summed E-state index contributed by atoms with van der Waals surface area (Å²) in [4.78, 5) is 23.3. The number of carbonyl (C=O) groups is 1. The first-order valence-electron chi connectivity index (χ1n) is 9.49. The Labute approximate surface area is 174 Å². The molecule has 0 aliphatic carbocycles. The van der Waals surface area contributed by atoms with E-state index in [4.69, 9.17) is 16.3 Å². The lowest BCUT2D eigenvalue weighted by Crippen LogP contribution is -2.44. The maximum atomic E-state index is 12.7. The third-order valence-electron chi connectivity index (χ3n) is 4.94. The number of carbonyl (C=O) groups excluding carboxylic acids is 1. The van der Waals surface area contributed by atoms with Crippen LogP contribution in [0.3, 0.4) is 0 Å². The summed E-state index contributed by atoms with van der Waals surface area (Å²) in [5.74, 6) is 1.40. The molecule has 0 spiro atoms. The number of rotatable bonds is 4. The van der Waals surface area contributed by atoms with Gasteiger partial charge in [0.2, 0.25) is 5.91 Å². The zero-order chi connectivity index (χ0) is 20.4. The van der Waals surface area contributed by atoms with Crippen molar-refractivity contribution < 1.29 is 9.53 Å². The van der Waals surface area contributed by atoms with Crippen LogP contribution in [0.15, 0.2) is 42.6 Å². The fraction of sp³-hybridized carbons (Fsp3) is 0.333. The zero-order valence-corrected chi connectivity index (χ0v) is 17.1. The number of aromatic nitrogens is 4. The number of pyridine rings is 1. The molecule has 3 aromatic rings. The van der Waals surface area contributed by atoms with Gasteiger partial charge in [0.05, 0.1) is 18.8 Å². The van der Waals surface area contributed by atoms with Crippen molar-refractivity contribution in [3.63, 3.8) is 0 Å². The molecule has 0 N–H and O–H groups in total. The van der Waals surface area contributed by atoms with Gasteiger partial charge in [0.25, 0.3) is 0 Å². The molecule has 29 heavy (non-hydrogen) atoms. The predicted octanol–water partition coefficient (Wildman–Crippen LogP) is 3.21. The third-order valence-corrected chi connectivity index (χ3v) is 5.18. The summed E-state index contributed by atoms with van der Waals surface area (Å²) in [6.07, 6.45) is 1.56. The molecule has 2 aromatic heterocycles. The Hall–Kier alpha value is -2.77. The lowest BCUT2D eigenvalue weighted by atomic mass is 10.1. The van der Waals surface area contributed by atoms with Crippen molar-refractivity contribution >= 4 is 17.5 Å². The molecule has 0 unspecified atom stereocenters.